The predicted octanol–water partition coefficient (Wildman–Crippen LogP) is 5.39. The van der Waals surface area contributed by atoms with Gasteiger partial charge < -0.3 is 25.3 Å². The van der Waals surface area contributed by atoms with Crippen LogP contribution in [0.25, 0.3) is 11.0 Å². The van der Waals surface area contributed by atoms with Crippen molar-refractivity contribution in [3.05, 3.63) is 89.7 Å². The summed E-state index contributed by atoms with van der Waals surface area (Å²) in [6, 6.07) is 23.6. The number of imidazole rings is 1. The number of carbonyl (C=O) groups is 1. The van der Waals surface area contributed by atoms with Crippen LogP contribution in [0.5, 0.6) is 0 Å². The normalized spacial score (nSPS) is 25.7. The Morgan fingerprint density at radius 3 is 2.49 bits per heavy atom. The summed E-state index contributed by atoms with van der Waals surface area (Å²) < 4.78 is 37.5. The fourth-order valence-electron chi connectivity index (χ4n) is 8.71. The Bertz CT molecular complexity index is 1910. The van der Waals surface area contributed by atoms with Gasteiger partial charge >= 0.3 is 0 Å². The molecule has 0 radical (unpaired) electrons. The van der Waals surface area contributed by atoms with E-state index in [1.165, 1.54) is 36.6 Å². The maximum absolute atomic E-state index is 14.0. The van der Waals surface area contributed by atoms with Gasteiger partial charge in [-0.15, -0.1) is 0 Å². The number of nitrogens with zero attached hydrogens (tertiary/aromatic N) is 3. The molecule has 2 saturated carbocycles. The lowest BCUT2D eigenvalue weighted by atomic mass is 9.80. The highest BCUT2D eigenvalue weighted by molar-refractivity contribution is 7.89. The molecule has 3 aromatic carbocycles. The van der Waals surface area contributed by atoms with Crippen molar-refractivity contribution in [3.8, 4) is 0 Å². The number of hydrogen-bond donors (Lipinski definition) is 3. The van der Waals surface area contributed by atoms with Gasteiger partial charge in [0.1, 0.15) is 11.4 Å². The zero-order valence-electron chi connectivity index (χ0n) is 28.6. The summed E-state index contributed by atoms with van der Waals surface area (Å²) in [6.07, 6.45) is 5.43. The van der Waals surface area contributed by atoms with Crippen LogP contribution >= 0.6 is 0 Å². The average Bonchev–Trinajstić information content (AvgIpc) is 3.54. The molecule has 7 rings (SSSR count). The highest BCUT2D eigenvalue weighted by Crippen LogP contribution is 2.48. The van der Waals surface area contributed by atoms with Crippen molar-refractivity contribution in [1.29, 1.82) is 0 Å². The zero-order chi connectivity index (χ0) is 34.3. The number of benzene rings is 3. The first-order valence-electron chi connectivity index (χ1n) is 17.6. The SMILES string of the molecule is Cc1nc2ccccc2n1C1C[C@H]2CC[C@@H](C1)C2NCCC1(c2ccccc2)CN(C(=O)c2cc(S(=O)(=O)NC(C)C)ccc2N)CCO1. The minimum atomic E-state index is -3.80. The molecule has 1 amide bonds. The van der Waals surface area contributed by atoms with Crippen molar-refractivity contribution < 1.29 is 17.9 Å². The van der Waals surface area contributed by atoms with Crippen LogP contribution < -0.4 is 15.8 Å². The summed E-state index contributed by atoms with van der Waals surface area (Å²) in [5.41, 5.74) is 9.32. The molecule has 5 atom stereocenters. The first-order valence-corrected chi connectivity index (χ1v) is 19.1. The van der Waals surface area contributed by atoms with Crippen LogP contribution in [0.2, 0.25) is 0 Å². The number of nitrogen functional groups attached to an aromatic ring is 1. The Morgan fingerprint density at radius 2 is 1.76 bits per heavy atom. The van der Waals surface area contributed by atoms with Crippen molar-refractivity contribution >= 4 is 32.7 Å². The minimum Gasteiger partial charge on any atom is -0.398 e. The van der Waals surface area contributed by atoms with Crippen molar-refractivity contribution in [2.75, 3.05) is 32.0 Å². The Kier molecular flexibility index (Phi) is 9.29. The lowest BCUT2D eigenvalue weighted by Crippen LogP contribution is -2.53. The van der Waals surface area contributed by atoms with E-state index in [0.29, 0.717) is 50.0 Å². The molecule has 49 heavy (non-hydrogen) atoms. The summed E-state index contributed by atoms with van der Waals surface area (Å²) in [6.45, 7) is 7.48. The van der Waals surface area contributed by atoms with Gasteiger partial charge in [0.15, 0.2) is 0 Å². The number of carbonyl (C=O) groups excluding carboxylic acids is 1. The van der Waals surface area contributed by atoms with Crippen molar-refractivity contribution in [2.45, 2.75) is 81.5 Å². The van der Waals surface area contributed by atoms with Gasteiger partial charge in [-0.2, -0.15) is 0 Å². The van der Waals surface area contributed by atoms with E-state index in [4.69, 9.17) is 15.5 Å². The number of morpholine rings is 1. The topological polar surface area (TPSA) is 132 Å². The third-order valence-electron chi connectivity index (χ3n) is 10.8. The first-order chi connectivity index (χ1) is 23.5. The molecule has 1 aliphatic heterocycles. The van der Waals surface area contributed by atoms with Crippen LogP contribution in [-0.4, -0.2) is 67.1 Å². The van der Waals surface area contributed by atoms with Crippen LogP contribution in [-0.2, 0) is 20.4 Å². The van der Waals surface area contributed by atoms with E-state index >= 15 is 0 Å². The van der Waals surface area contributed by atoms with Crippen molar-refractivity contribution in [3.63, 3.8) is 0 Å². The van der Waals surface area contributed by atoms with Gasteiger partial charge in [0.2, 0.25) is 10.0 Å². The molecular weight excluding hydrogens is 637 g/mol. The molecule has 11 heteroatoms. The molecule has 2 heterocycles. The molecule has 4 N–H and O–H groups in total. The molecule has 0 spiro atoms. The van der Waals surface area contributed by atoms with Crippen LogP contribution in [0.15, 0.2) is 77.7 Å². The van der Waals surface area contributed by atoms with E-state index in [2.05, 4.69) is 57.9 Å². The van der Waals surface area contributed by atoms with Gasteiger partial charge in [0, 0.05) is 30.4 Å². The summed E-state index contributed by atoms with van der Waals surface area (Å²) in [5.74, 6) is 1.99. The molecule has 3 aliphatic rings. The largest absolute Gasteiger partial charge is 0.398 e. The lowest BCUT2D eigenvalue weighted by Gasteiger charge is -2.44. The van der Waals surface area contributed by atoms with E-state index in [1.807, 2.05) is 18.2 Å². The molecule has 2 aliphatic carbocycles. The van der Waals surface area contributed by atoms with E-state index in [1.54, 1.807) is 18.7 Å². The molecule has 3 fully saturated rings. The molecule has 10 nitrogen and oxygen atoms in total. The molecule has 3 unspecified atom stereocenters. The highest BCUT2D eigenvalue weighted by Gasteiger charge is 2.45. The number of nitrogens with one attached hydrogen (secondary N) is 2. The van der Waals surface area contributed by atoms with Crippen molar-refractivity contribution in [2.24, 2.45) is 11.8 Å². The number of hydrogen-bond acceptors (Lipinski definition) is 7. The van der Waals surface area contributed by atoms with E-state index in [0.717, 1.165) is 36.3 Å². The highest BCUT2D eigenvalue weighted by atomic mass is 32.2. The fraction of sp³-hybridized carbons (Fsp3) is 0.474. The standard InChI is InChI=1S/C38H48N6O4S/c1-25(2)42-49(46,47)31-15-16-33(39)32(23-31)37(45)43-19-20-48-38(24-43,29-9-5-4-6-10-29)17-18-40-36-27-13-14-28(36)22-30(21-27)44-26(3)41-34-11-7-8-12-35(34)44/h4-12,15-16,23,25,27-28,30,36,40,42H,13-14,17-22,24,39H2,1-3H3/t27-,28+,30?,36?,38?. The molecular formula is C38H48N6O4S. The number of nitrogens with two attached hydrogens (primary N) is 1. The van der Waals surface area contributed by atoms with Crippen LogP contribution in [0, 0.1) is 18.8 Å². The summed E-state index contributed by atoms with van der Waals surface area (Å²) in [7, 11) is -3.80. The van der Waals surface area contributed by atoms with Gasteiger partial charge in [0.05, 0.1) is 34.6 Å². The van der Waals surface area contributed by atoms with Gasteiger partial charge in [-0.05, 0) is 107 Å². The van der Waals surface area contributed by atoms with E-state index in [-0.39, 0.29) is 28.1 Å². The Morgan fingerprint density at radius 1 is 1.04 bits per heavy atom. The maximum atomic E-state index is 14.0. The summed E-state index contributed by atoms with van der Waals surface area (Å²) >= 11 is 0. The quantitative estimate of drug-likeness (QED) is 0.191. The number of aryl methyl sites for hydroxylation is 1. The second kappa shape index (κ2) is 13.5. The number of rotatable bonds is 10. The summed E-state index contributed by atoms with van der Waals surface area (Å²) in [4.78, 5) is 20.7. The van der Waals surface area contributed by atoms with E-state index < -0.39 is 15.6 Å². The van der Waals surface area contributed by atoms with Crippen LogP contribution in [0.4, 0.5) is 5.69 Å². The number of amides is 1. The number of fused-ring (bicyclic) bond motifs is 3. The number of para-hydroxylation sites is 2. The monoisotopic (exact) mass is 684 g/mol. The molecule has 1 aromatic heterocycles. The third-order valence-corrected chi connectivity index (χ3v) is 12.5. The predicted molar refractivity (Wildman–Crippen MR) is 192 cm³/mol. The number of sulfonamides is 1. The lowest BCUT2D eigenvalue weighted by molar-refractivity contribution is -0.110. The van der Waals surface area contributed by atoms with Crippen LogP contribution in [0.3, 0.4) is 0 Å². The smallest absolute Gasteiger partial charge is 0.256 e. The van der Waals surface area contributed by atoms with Gasteiger partial charge in [-0.1, -0.05) is 42.5 Å². The average molecular weight is 685 g/mol. The Hall–Kier alpha value is -3.77. The Labute approximate surface area is 289 Å². The number of anilines is 1. The van der Waals surface area contributed by atoms with Gasteiger partial charge in [-0.3, -0.25) is 4.79 Å². The minimum absolute atomic E-state index is 0.0197. The van der Waals surface area contributed by atoms with Gasteiger partial charge in [0.25, 0.3) is 5.91 Å². The molecule has 4 aromatic rings. The zero-order valence-corrected chi connectivity index (χ0v) is 29.5. The fourth-order valence-corrected chi connectivity index (χ4v) is 9.99. The second-order valence-corrected chi connectivity index (χ2v) is 16.1. The summed E-state index contributed by atoms with van der Waals surface area (Å²) in [5, 5.41) is 3.97. The molecule has 260 valence electrons. The van der Waals surface area contributed by atoms with Gasteiger partial charge in [-0.25, -0.2) is 18.1 Å². The van der Waals surface area contributed by atoms with E-state index in [9.17, 15) is 13.2 Å². The van der Waals surface area contributed by atoms with Crippen LogP contribution in [0.1, 0.15) is 73.7 Å². The number of ether oxygens (including phenoxy) is 1. The Balaban J connectivity index is 1.07. The molecule has 1 saturated heterocycles. The second-order valence-electron chi connectivity index (χ2n) is 14.4. The first kappa shape index (κ1) is 33.7. The third kappa shape index (κ3) is 6.61. The maximum Gasteiger partial charge on any atom is 0.256 e. The van der Waals surface area contributed by atoms with Crippen molar-refractivity contribution in [1.82, 2.24) is 24.5 Å². The number of aromatic nitrogens is 2. The molecule has 2 bridgehead atoms.